The molecule has 0 aliphatic carbocycles. The molecule has 0 bridgehead atoms. The highest BCUT2D eigenvalue weighted by molar-refractivity contribution is 6.22. The molecular formula is C46H28O. The summed E-state index contributed by atoms with van der Waals surface area (Å²) in [6.45, 7) is 0. The molecule has 0 fully saturated rings. The first-order chi connectivity index (χ1) is 23.3. The molecular weight excluding hydrogens is 569 g/mol. The normalized spacial score (nSPS) is 11.8. The average Bonchev–Trinajstić information content (AvgIpc) is 3.51. The minimum absolute atomic E-state index is 0.915. The lowest BCUT2D eigenvalue weighted by atomic mass is 9.85. The highest BCUT2D eigenvalue weighted by Gasteiger charge is 2.18. The number of fused-ring (bicyclic) bond motifs is 7. The molecule has 0 aliphatic rings. The summed E-state index contributed by atoms with van der Waals surface area (Å²) in [6.07, 6.45) is 0. The van der Waals surface area contributed by atoms with Crippen molar-refractivity contribution in [2.45, 2.75) is 0 Å². The molecule has 0 radical (unpaired) electrons. The van der Waals surface area contributed by atoms with E-state index in [0.29, 0.717) is 0 Å². The van der Waals surface area contributed by atoms with E-state index in [1.165, 1.54) is 70.9 Å². The smallest absolute Gasteiger partial charge is 0.136 e. The van der Waals surface area contributed by atoms with Crippen LogP contribution in [0.3, 0.4) is 0 Å². The second-order valence-corrected chi connectivity index (χ2v) is 12.5. The van der Waals surface area contributed by atoms with E-state index < -0.39 is 0 Å². The monoisotopic (exact) mass is 596 g/mol. The van der Waals surface area contributed by atoms with Gasteiger partial charge in [0.15, 0.2) is 0 Å². The summed E-state index contributed by atoms with van der Waals surface area (Å²) < 4.78 is 6.33. The number of rotatable bonds is 3. The van der Waals surface area contributed by atoms with Crippen LogP contribution in [-0.4, -0.2) is 0 Å². The van der Waals surface area contributed by atoms with E-state index in [2.05, 4.69) is 158 Å². The molecule has 0 saturated carbocycles. The van der Waals surface area contributed by atoms with Crippen LogP contribution < -0.4 is 0 Å². The van der Waals surface area contributed by atoms with Crippen molar-refractivity contribution in [3.63, 3.8) is 0 Å². The summed E-state index contributed by atoms with van der Waals surface area (Å²) in [7, 11) is 0. The van der Waals surface area contributed by atoms with E-state index in [1.807, 2.05) is 12.1 Å². The molecule has 0 N–H and O–H groups in total. The number of hydrogen-bond acceptors (Lipinski definition) is 1. The quantitative estimate of drug-likeness (QED) is 0.185. The van der Waals surface area contributed by atoms with Gasteiger partial charge in [0.1, 0.15) is 11.2 Å². The van der Waals surface area contributed by atoms with Gasteiger partial charge in [-0.05, 0) is 107 Å². The topological polar surface area (TPSA) is 13.1 Å². The van der Waals surface area contributed by atoms with Gasteiger partial charge in [0.05, 0.1) is 0 Å². The highest BCUT2D eigenvalue weighted by atomic mass is 16.3. The summed E-state index contributed by atoms with van der Waals surface area (Å²) in [5.41, 5.74) is 9.24. The summed E-state index contributed by atoms with van der Waals surface area (Å²) in [4.78, 5) is 0. The van der Waals surface area contributed by atoms with Crippen LogP contribution in [0.25, 0.3) is 98.4 Å². The number of furan rings is 1. The van der Waals surface area contributed by atoms with Crippen LogP contribution in [0.2, 0.25) is 0 Å². The van der Waals surface area contributed by atoms with E-state index in [1.54, 1.807) is 0 Å². The van der Waals surface area contributed by atoms with Gasteiger partial charge in [-0.15, -0.1) is 0 Å². The maximum atomic E-state index is 6.33. The zero-order valence-corrected chi connectivity index (χ0v) is 25.6. The van der Waals surface area contributed by atoms with Gasteiger partial charge in [0.25, 0.3) is 0 Å². The standard InChI is InChI=1S/C46H28O/c1-2-12-35-29(10-1)11-9-18-36(35)32-22-20-31-27-33(23-21-30(31)26-32)45-39-14-3-5-16-41(39)46(42-17-6-4-15-40(42)45)34-24-25-38-37-13-7-8-19-43(37)47-44(38)28-34/h1-28H. The van der Waals surface area contributed by atoms with Crippen molar-refractivity contribution in [3.8, 4) is 33.4 Å². The predicted molar refractivity (Wildman–Crippen MR) is 200 cm³/mol. The third kappa shape index (κ3) is 4.03. The van der Waals surface area contributed by atoms with Gasteiger partial charge in [-0.2, -0.15) is 0 Å². The Hall–Kier alpha value is -6.18. The largest absolute Gasteiger partial charge is 0.456 e. The molecule has 0 spiro atoms. The molecule has 0 atom stereocenters. The molecule has 10 aromatic rings. The number of benzene rings is 9. The highest BCUT2D eigenvalue weighted by Crippen LogP contribution is 2.45. The first kappa shape index (κ1) is 26.1. The Balaban J connectivity index is 1.17. The fourth-order valence-electron chi connectivity index (χ4n) is 7.68. The molecule has 1 heteroatoms. The first-order valence-electron chi connectivity index (χ1n) is 16.2. The molecule has 0 saturated heterocycles. The zero-order chi connectivity index (χ0) is 30.9. The molecule has 218 valence electrons. The van der Waals surface area contributed by atoms with E-state index in [0.717, 1.165) is 27.5 Å². The van der Waals surface area contributed by atoms with Crippen LogP contribution >= 0.6 is 0 Å². The zero-order valence-electron chi connectivity index (χ0n) is 25.6. The van der Waals surface area contributed by atoms with Crippen LogP contribution in [0.15, 0.2) is 174 Å². The molecule has 9 aromatic carbocycles. The van der Waals surface area contributed by atoms with Crippen molar-refractivity contribution >= 4 is 65.0 Å². The van der Waals surface area contributed by atoms with E-state index >= 15 is 0 Å². The maximum Gasteiger partial charge on any atom is 0.136 e. The lowest BCUT2D eigenvalue weighted by molar-refractivity contribution is 0.669. The fraction of sp³-hybridized carbons (Fsp3) is 0. The van der Waals surface area contributed by atoms with Crippen molar-refractivity contribution in [3.05, 3.63) is 170 Å². The Morgan fingerprint density at radius 2 is 0.766 bits per heavy atom. The lowest BCUT2D eigenvalue weighted by Crippen LogP contribution is -1.91. The SMILES string of the molecule is c1ccc2c(-c3ccc4cc(-c5c6ccccc6c(-c6ccc7c(c6)oc6ccccc67)c6ccccc56)ccc4c3)cccc2c1. The van der Waals surface area contributed by atoms with Crippen molar-refractivity contribution < 1.29 is 4.42 Å². The summed E-state index contributed by atoms with van der Waals surface area (Å²) in [5.74, 6) is 0. The second-order valence-electron chi connectivity index (χ2n) is 12.5. The Kier molecular flexibility index (Phi) is 5.64. The van der Waals surface area contributed by atoms with Crippen LogP contribution in [-0.2, 0) is 0 Å². The minimum atomic E-state index is 0.915. The maximum absolute atomic E-state index is 6.33. The van der Waals surface area contributed by atoms with Crippen molar-refractivity contribution in [2.75, 3.05) is 0 Å². The summed E-state index contributed by atoms with van der Waals surface area (Å²) in [5, 5.41) is 12.3. The van der Waals surface area contributed by atoms with Gasteiger partial charge in [-0.25, -0.2) is 0 Å². The average molecular weight is 597 g/mol. The van der Waals surface area contributed by atoms with Crippen LogP contribution in [0, 0.1) is 0 Å². The lowest BCUT2D eigenvalue weighted by Gasteiger charge is -2.18. The van der Waals surface area contributed by atoms with Crippen molar-refractivity contribution in [1.29, 1.82) is 0 Å². The van der Waals surface area contributed by atoms with Gasteiger partial charge >= 0.3 is 0 Å². The van der Waals surface area contributed by atoms with Crippen LogP contribution in [0.4, 0.5) is 0 Å². The van der Waals surface area contributed by atoms with E-state index in [4.69, 9.17) is 4.42 Å². The van der Waals surface area contributed by atoms with Crippen LogP contribution in [0.1, 0.15) is 0 Å². The molecule has 0 aliphatic heterocycles. The van der Waals surface area contributed by atoms with Gasteiger partial charge < -0.3 is 4.42 Å². The predicted octanol–water partition coefficient (Wildman–Crippen LogP) is 13.2. The molecule has 1 heterocycles. The Bertz CT molecular complexity index is 2790. The number of para-hydroxylation sites is 1. The van der Waals surface area contributed by atoms with Crippen molar-refractivity contribution in [1.82, 2.24) is 0 Å². The minimum Gasteiger partial charge on any atom is -0.456 e. The van der Waals surface area contributed by atoms with E-state index in [-0.39, 0.29) is 0 Å². The van der Waals surface area contributed by atoms with Gasteiger partial charge in [-0.3, -0.25) is 0 Å². The van der Waals surface area contributed by atoms with Crippen LogP contribution in [0.5, 0.6) is 0 Å². The molecule has 0 amide bonds. The van der Waals surface area contributed by atoms with E-state index in [9.17, 15) is 0 Å². The Morgan fingerprint density at radius 3 is 1.47 bits per heavy atom. The third-order valence-corrected chi connectivity index (χ3v) is 9.83. The Morgan fingerprint density at radius 1 is 0.277 bits per heavy atom. The fourth-order valence-corrected chi connectivity index (χ4v) is 7.68. The van der Waals surface area contributed by atoms with Crippen molar-refractivity contribution in [2.24, 2.45) is 0 Å². The molecule has 10 rings (SSSR count). The molecule has 0 unspecified atom stereocenters. The van der Waals surface area contributed by atoms with Gasteiger partial charge in [0.2, 0.25) is 0 Å². The Labute approximate surface area is 271 Å². The summed E-state index contributed by atoms with van der Waals surface area (Å²) >= 11 is 0. The molecule has 1 nitrogen and oxygen atoms in total. The third-order valence-electron chi connectivity index (χ3n) is 9.83. The number of hydrogen-bond donors (Lipinski definition) is 0. The first-order valence-corrected chi connectivity index (χ1v) is 16.2. The molecule has 47 heavy (non-hydrogen) atoms. The van der Waals surface area contributed by atoms with Gasteiger partial charge in [-0.1, -0.05) is 140 Å². The summed E-state index contributed by atoms with van der Waals surface area (Å²) in [6, 6.07) is 61.6. The second kappa shape index (κ2) is 10.2. The molecule has 1 aromatic heterocycles. The van der Waals surface area contributed by atoms with Gasteiger partial charge in [0, 0.05) is 10.8 Å².